The van der Waals surface area contributed by atoms with Crippen LogP contribution in [0.3, 0.4) is 0 Å². The number of hydrogen-bond acceptors (Lipinski definition) is 1. The van der Waals surface area contributed by atoms with Crippen molar-refractivity contribution in [2.75, 3.05) is 6.86 Å². The van der Waals surface area contributed by atoms with Crippen LogP contribution in [0, 0.1) is 6.61 Å². The van der Waals surface area contributed by atoms with Gasteiger partial charge in [-0.15, -0.1) is 6.58 Å². The predicted molar refractivity (Wildman–Crippen MR) is 21.6 cm³/mol. The second kappa shape index (κ2) is 4.63. The fraction of sp³-hybridized carbons (Fsp3) is 0.250. The molecule has 0 amide bonds. The molecule has 0 fully saturated rings. The minimum atomic E-state index is -0.772. The quantitative estimate of drug-likeness (QED) is 0.475. The van der Waals surface area contributed by atoms with Gasteiger partial charge in [-0.25, -0.2) is 4.39 Å². The molecule has 0 rings (SSSR count). The molecular weight excluding hydrogens is 85.0 g/mol. The van der Waals surface area contributed by atoms with E-state index in [1.54, 1.807) is 0 Å². The van der Waals surface area contributed by atoms with E-state index in [4.69, 9.17) is 0 Å². The van der Waals surface area contributed by atoms with E-state index in [2.05, 4.69) is 11.3 Å². The molecule has 0 aromatic rings. The summed E-state index contributed by atoms with van der Waals surface area (Å²) in [4.78, 5) is 0. The van der Waals surface area contributed by atoms with Crippen molar-refractivity contribution in [3.8, 4) is 0 Å². The molecule has 0 aliphatic heterocycles. The Morgan fingerprint density at radius 3 is 2.67 bits per heavy atom. The van der Waals surface area contributed by atoms with Crippen molar-refractivity contribution in [1.82, 2.24) is 0 Å². The highest BCUT2D eigenvalue weighted by Crippen LogP contribution is 1.79. The molecular formula is C4H6FO. The molecule has 0 aliphatic rings. The predicted octanol–water partition coefficient (Wildman–Crippen LogP) is 1.28. The molecule has 0 atom stereocenters. The van der Waals surface area contributed by atoms with Gasteiger partial charge in [0.2, 0.25) is 0 Å². The lowest BCUT2D eigenvalue weighted by Crippen LogP contribution is -1.77. The van der Waals surface area contributed by atoms with Crippen LogP contribution in [0.2, 0.25) is 0 Å². The number of alkyl halides is 1. The van der Waals surface area contributed by atoms with Gasteiger partial charge < -0.3 is 4.74 Å². The van der Waals surface area contributed by atoms with Gasteiger partial charge in [-0.2, -0.15) is 0 Å². The normalized spacial score (nSPS) is 8.17. The minimum Gasteiger partial charge on any atom is -0.340 e. The smallest absolute Gasteiger partial charge is 0.189 e. The van der Waals surface area contributed by atoms with Crippen molar-refractivity contribution >= 4 is 0 Å². The topological polar surface area (TPSA) is 9.23 Å². The first kappa shape index (κ1) is 5.63. The Bertz CT molecular complexity index is 36.5. The van der Waals surface area contributed by atoms with Crippen molar-refractivity contribution in [2.24, 2.45) is 0 Å². The second-order valence-corrected chi connectivity index (χ2v) is 0.648. The molecule has 0 aliphatic carbocycles. The Kier molecular flexibility index (Phi) is 4.34. The lowest BCUT2D eigenvalue weighted by molar-refractivity contribution is 0.117. The van der Waals surface area contributed by atoms with Crippen molar-refractivity contribution in [1.29, 1.82) is 0 Å². The number of halogens is 1. The summed E-state index contributed by atoms with van der Waals surface area (Å²) >= 11 is 0. The van der Waals surface area contributed by atoms with Crippen LogP contribution in [0.4, 0.5) is 4.39 Å². The first-order chi connectivity index (χ1) is 2.91. The van der Waals surface area contributed by atoms with E-state index in [-0.39, 0.29) is 0 Å². The van der Waals surface area contributed by atoms with Crippen molar-refractivity contribution in [3.05, 3.63) is 19.3 Å². The molecule has 0 heterocycles. The number of ether oxygens (including phenoxy) is 1. The van der Waals surface area contributed by atoms with Gasteiger partial charge in [0.05, 0.1) is 0 Å². The molecule has 0 aromatic heterocycles. The zero-order valence-corrected chi connectivity index (χ0v) is 3.36. The van der Waals surface area contributed by atoms with Gasteiger partial charge in [-0.05, 0) is 0 Å². The van der Waals surface area contributed by atoms with Crippen LogP contribution in [-0.4, -0.2) is 6.86 Å². The third kappa shape index (κ3) is 3.63. The molecule has 1 nitrogen and oxygen atoms in total. The molecule has 0 unspecified atom stereocenters. The molecule has 0 saturated heterocycles. The van der Waals surface area contributed by atoms with E-state index >= 15 is 0 Å². The standard InChI is InChI=1S/C4H6FO/c1-2-3-6-4-5/h2-3H,1,4H2/i4+2. The van der Waals surface area contributed by atoms with Gasteiger partial charge in [-0.3, -0.25) is 0 Å². The maximum absolute atomic E-state index is 10.9. The van der Waals surface area contributed by atoms with E-state index in [0.717, 1.165) is 0 Å². The lowest BCUT2D eigenvalue weighted by Gasteiger charge is -1.84. The molecule has 0 bridgehead atoms. The Balaban J connectivity index is 2.49. The van der Waals surface area contributed by atoms with Crippen LogP contribution in [0.15, 0.2) is 12.7 Å². The van der Waals surface area contributed by atoms with Crippen molar-refractivity contribution in [2.45, 2.75) is 0 Å². The SMILES string of the molecule is C=C[CH]O[14CH2]F. The Morgan fingerprint density at radius 1 is 1.83 bits per heavy atom. The highest BCUT2D eigenvalue weighted by Gasteiger charge is 1.72. The van der Waals surface area contributed by atoms with Gasteiger partial charge in [0.25, 0.3) is 0 Å². The molecule has 6 heavy (non-hydrogen) atoms. The summed E-state index contributed by atoms with van der Waals surface area (Å²) in [5.74, 6) is 0. The van der Waals surface area contributed by atoms with E-state index in [9.17, 15) is 4.39 Å². The van der Waals surface area contributed by atoms with Gasteiger partial charge >= 0.3 is 0 Å². The first-order valence-corrected chi connectivity index (χ1v) is 1.53. The van der Waals surface area contributed by atoms with Crippen LogP contribution in [0.5, 0.6) is 0 Å². The largest absolute Gasteiger partial charge is 0.340 e. The van der Waals surface area contributed by atoms with Gasteiger partial charge in [-0.1, -0.05) is 6.08 Å². The summed E-state index contributed by atoms with van der Waals surface area (Å²) in [6.07, 6.45) is 1.37. The third-order valence-electron chi connectivity index (χ3n) is 0.255. The molecule has 0 N–H and O–H groups in total. The van der Waals surface area contributed by atoms with Crippen LogP contribution in [-0.2, 0) is 4.74 Å². The van der Waals surface area contributed by atoms with Crippen LogP contribution in [0.1, 0.15) is 0 Å². The zero-order chi connectivity index (χ0) is 4.83. The highest BCUT2D eigenvalue weighted by molar-refractivity contribution is 4.76. The molecule has 35 valence electrons. The van der Waals surface area contributed by atoms with E-state index in [1.165, 1.54) is 12.7 Å². The average molecular weight is 91.1 g/mol. The minimum absolute atomic E-state index is 0.772. The van der Waals surface area contributed by atoms with Crippen molar-refractivity contribution in [3.63, 3.8) is 0 Å². The number of hydrogen-bond donors (Lipinski definition) is 0. The zero-order valence-electron chi connectivity index (χ0n) is 3.36. The molecule has 2 heteroatoms. The molecule has 0 aromatic carbocycles. The molecule has 0 spiro atoms. The van der Waals surface area contributed by atoms with Crippen LogP contribution >= 0.6 is 0 Å². The second-order valence-electron chi connectivity index (χ2n) is 0.648. The van der Waals surface area contributed by atoms with Gasteiger partial charge in [0.15, 0.2) is 6.86 Å². The fourth-order valence-electron chi connectivity index (χ4n) is 0.104. The van der Waals surface area contributed by atoms with Gasteiger partial charge in [0, 0.05) is 0 Å². The summed E-state index contributed by atoms with van der Waals surface area (Å²) in [6.45, 7) is 3.67. The van der Waals surface area contributed by atoms with Crippen molar-refractivity contribution < 1.29 is 9.13 Å². The van der Waals surface area contributed by atoms with E-state index in [1.807, 2.05) is 0 Å². The average Bonchev–Trinajstić information content (AvgIpc) is 1.61. The highest BCUT2D eigenvalue weighted by atomic mass is 19.2. The maximum Gasteiger partial charge on any atom is 0.189 e. The maximum atomic E-state index is 10.9. The summed E-state index contributed by atoms with van der Waals surface area (Å²) in [5.41, 5.74) is 0. The van der Waals surface area contributed by atoms with E-state index < -0.39 is 6.86 Å². The van der Waals surface area contributed by atoms with Crippen LogP contribution in [0.25, 0.3) is 0 Å². The fourth-order valence-corrected chi connectivity index (χ4v) is 0.104. The Morgan fingerprint density at radius 2 is 2.50 bits per heavy atom. The summed E-state index contributed by atoms with van der Waals surface area (Å²) < 4.78 is 15.0. The van der Waals surface area contributed by atoms with Gasteiger partial charge in [0.1, 0.15) is 6.61 Å². The monoisotopic (exact) mass is 91.0 g/mol. The molecule has 1 radical (unpaired) electrons. The Labute approximate surface area is 36.4 Å². The summed E-state index contributed by atoms with van der Waals surface area (Å²) in [6, 6.07) is 0. The lowest BCUT2D eigenvalue weighted by atomic mass is 10.7. The first-order valence-electron chi connectivity index (χ1n) is 1.53. The number of rotatable bonds is 3. The molecule has 0 saturated carbocycles. The Hall–Kier alpha value is -0.370. The third-order valence-corrected chi connectivity index (χ3v) is 0.255. The summed E-state index contributed by atoms with van der Waals surface area (Å²) in [5, 5.41) is 0. The van der Waals surface area contributed by atoms with E-state index in [0.29, 0.717) is 0 Å². The van der Waals surface area contributed by atoms with Crippen LogP contribution < -0.4 is 0 Å². The summed E-state index contributed by atoms with van der Waals surface area (Å²) in [7, 11) is 0.